The molecule has 3 nitrogen and oxygen atoms in total. The highest BCUT2D eigenvalue weighted by molar-refractivity contribution is 9.10. The Labute approximate surface area is 86.2 Å². The SMILES string of the molecule is CCOc1cc(Br)nc(OCC)c1. The van der Waals surface area contributed by atoms with Crippen LogP contribution in [-0.2, 0) is 0 Å². The number of nitrogens with zero attached hydrogens (tertiary/aromatic N) is 1. The van der Waals surface area contributed by atoms with E-state index in [0.29, 0.717) is 19.1 Å². The van der Waals surface area contributed by atoms with E-state index in [1.54, 1.807) is 6.07 Å². The highest BCUT2D eigenvalue weighted by atomic mass is 79.9. The Kier molecular flexibility index (Phi) is 4.02. The van der Waals surface area contributed by atoms with Gasteiger partial charge in [0.05, 0.1) is 13.2 Å². The van der Waals surface area contributed by atoms with Crippen LogP contribution >= 0.6 is 15.9 Å². The molecule has 0 atom stereocenters. The monoisotopic (exact) mass is 245 g/mol. The summed E-state index contributed by atoms with van der Waals surface area (Å²) in [7, 11) is 0. The summed E-state index contributed by atoms with van der Waals surface area (Å²) in [4.78, 5) is 4.12. The first-order valence-corrected chi connectivity index (χ1v) is 4.98. The predicted octanol–water partition coefficient (Wildman–Crippen LogP) is 2.64. The van der Waals surface area contributed by atoms with Gasteiger partial charge in [-0.1, -0.05) is 0 Å². The molecule has 0 fully saturated rings. The first kappa shape index (κ1) is 10.3. The van der Waals surface area contributed by atoms with Crippen LogP contribution in [0.5, 0.6) is 11.6 Å². The molecule has 0 unspecified atom stereocenters. The maximum atomic E-state index is 5.32. The quantitative estimate of drug-likeness (QED) is 0.765. The van der Waals surface area contributed by atoms with Crippen LogP contribution in [-0.4, -0.2) is 18.2 Å². The van der Waals surface area contributed by atoms with E-state index in [1.807, 2.05) is 19.9 Å². The van der Waals surface area contributed by atoms with Crippen molar-refractivity contribution in [2.45, 2.75) is 13.8 Å². The Hall–Kier alpha value is -0.770. The number of ether oxygens (including phenoxy) is 2. The second-order valence-corrected chi connectivity index (χ2v) is 3.14. The van der Waals surface area contributed by atoms with Crippen LogP contribution < -0.4 is 9.47 Å². The average Bonchev–Trinajstić information content (AvgIpc) is 2.04. The molecule has 1 aromatic rings. The summed E-state index contributed by atoms with van der Waals surface area (Å²) in [6.07, 6.45) is 0. The second-order valence-electron chi connectivity index (χ2n) is 2.33. The molecule has 0 saturated heterocycles. The van der Waals surface area contributed by atoms with Gasteiger partial charge in [-0.3, -0.25) is 0 Å². The van der Waals surface area contributed by atoms with Crippen molar-refractivity contribution < 1.29 is 9.47 Å². The smallest absolute Gasteiger partial charge is 0.218 e. The molecule has 0 aliphatic rings. The van der Waals surface area contributed by atoms with Gasteiger partial charge in [0.2, 0.25) is 5.88 Å². The van der Waals surface area contributed by atoms with Crippen molar-refractivity contribution in [1.29, 1.82) is 0 Å². The molecule has 0 aliphatic carbocycles. The molecule has 72 valence electrons. The van der Waals surface area contributed by atoms with Gasteiger partial charge >= 0.3 is 0 Å². The molecule has 0 bridgehead atoms. The third-order valence-electron chi connectivity index (χ3n) is 1.35. The maximum Gasteiger partial charge on any atom is 0.218 e. The first-order valence-electron chi connectivity index (χ1n) is 4.19. The van der Waals surface area contributed by atoms with Gasteiger partial charge in [-0.2, -0.15) is 0 Å². The molecule has 0 spiro atoms. The van der Waals surface area contributed by atoms with Gasteiger partial charge in [-0.05, 0) is 29.8 Å². The van der Waals surface area contributed by atoms with Crippen LogP contribution in [0.15, 0.2) is 16.7 Å². The molecular weight excluding hydrogens is 234 g/mol. The lowest BCUT2D eigenvalue weighted by Crippen LogP contribution is -1.97. The molecule has 4 heteroatoms. The van der Waals surface area contributed by atoms with Crippen molar-refractivity contribution in [3.05, 3.63) is 16.7 Å². The van der Waals surface area contributed by atoms with Crippen molar-refractivity contribution >= 4 is 15.9 Å². The van der Waals surface area contributed by atoms with Gasteiger partial charge in [0.25, 0.3) is 0 Å². The lowest BCUT2D eigenvalue weighted by molar-refractivity contribution is 0.313. The van der Waals surface area contributed by atoms with Crippen molar-refractivity contribution in [2.24, 2.45) is 0 Å². The minimum absolute atomic E-state index is 0.584. The fourth-order valence-corrected chi connectivity index (χ4v) is 1.32. The zero-order chi connectivity index (χ0) is 9.68. The molecule has 13 heavy (non-hydrogen) atoms. The fourth-order valence-electron chi connectivity index (χ4n) is 0.922. The number of pyridine rings is 1. The molecule has 0 amide bonds. The van der Waals surface area contributed by atoms with E-state index in [-0.39, 0.29) is 0 Å². The van der Waals surface area contributed by atoms with E-state index in [1.165, 1.54) is 0 Å². The topological polar surface area (TPSA) is 31.4 Å². The Balaban J connectivity index is 2.83. The highest BCUT2D eigenvalue weighted by Crippen LogP contribution is 2.22. The number of hydrogen-bond donors (Lipinski definition) is 0. The molecule has 0 N–H and O–H groups in total. The summed E-state index contributed by atoms with van der Waals surface area (Å²) in [5.74, 6) is 1.35. The summed E-state index contributed by atoms with van der Waals surface area (Å²) in [6.45, 7) is 5.11. The Bertz CT molecular complexity index is 254. The Morgan fingerprint density at radius 2 is 1.92 bits per heavy atom. The second kappa shape index (κ2) is 5.07. The maximum absolute atomic E-state index is 5.32. The highest BCUT2D eigenvalue weighted by Gasteiger charge is 2.01. The first-order chi connectivity index (χ1) is 6.26. The molecule has 0 radical (unpaired) electrons. The van der Waals surface area contributed by atoms with Crippen molar-refractivity contribution in [3.8, 4) is 11.6 Å². The van der Waals surface area contributed by atoms with Crippen LogP contribution in [0.1, 0.15) is 13.8 Å². The zero-order valence-electron chi connectivity index (χ0n) is 7.71. The summed E-state index contributed by atoms with van der Waals surface area (Å²) in [5, 5.41) is 0. The number of rotatable bonds is 4. The lowest BCUT2D eigenvalue weighted by Gasteiger charge is -2.06. The van der Waals surface area contributed by atoms with E-state index in [0.717, 1.165) is 10.4 Å². The standard InChI is InChI=1S/C9H12BrNO2/c1-3-12-7-5-8(10)11-9(6-7)13-4-2/h5-6H,3-4H2,1-2H3. The van der Waals surface area contributed by atoms with Crippen molar-refractivity contribution in [3.63, 3.8) is 0 Å². The summed E-state index contributed by atoms with van der Waals surface area (Å²) in [6, 6.07) is 3.59. The van der Waals surface area contributed by atoms with Crippen LogP contribution in [0.25, 0.3) is 0 Å². The molecule has 0 saturated carbocycles. The van der Waals surface area contributed by atoms with E-state index in [9.17, 15) is 0 Å². The Morgan fingerprint density at radius 3 is 2.54 bits per heavy atom. The van der Waals surface area contributed by atoms with E-state index in [2.05, 4.69) is 20.9 Å². The van der Waals surface area contributed by atoms with Gasteiger partial charge in [-0.25, -0.2) is 4.98 Å². The average molecular weight is 246 g/mol. The summed E-state index contributed by atoms with van der Waals surface area (Å²) in [5.41, 5.74) is 0. The van der Waals surface area contributed by atoms with E-state index < -0.39 is 0 Å². The Morgan fingerprint density at radius 1 is 1.23 bits per heavy atom. The summed E-state index contributed by atoms with van der Waals surface area (Å²) >= 11 is 3.28. The lowest BCUT2D eigenvalue weighted by atomic mass is 10.4. The number of aromatic nitrogens is 1. The van der Waals surface area contributed by atoms with Gasteiger partial charge in [0.15, 0.2) is 0 Å². The molecular formula is C9H12BrNO2. The van der Waals surface area contributed by atoms with Crippen LogP contribution in [0.2, 0.25) is 0 Å². The van der Waals surface area contributed by atoms with Crippen LogP contribution in [0.4, 0.5) is 0 Å². The largest absolute Gasteiger partial charge is 0.494 e. The molecule has 0 aromatic carbocycles. The van der Waals surface area contributed by atoms with Gasteiger partial charge < -0.3 is 9.47 Å². The van der Waals surface area contributed by atoms with E-state index in [4.69, 9.17) is 9.47 Å². The van der Waals surface area contributed by atoms with Crippen LogP contribution in [0, 0.1) is 0 Å². The molecule has 1 rings (SSSR count). The number of hydrogen-bond acceptors (Lipinski definition) is 3. The molecule has 1 aromatic heterocycles. The summed E-state index contributed by atoms with van der Waals surface area (Å²) < 4.78 is 11.3. The normalized spacial score (nSPS) is 9.77. The van der Waals surface area contributed by atoms with Gasteiger partial charge in [0, 0.05) is 12.1 Å². The zero-order valence-corrected chi connectivity index (χ0v) is 9.30. The number of halogens is 1. The van der Waals surface area contributed by atoms with Gasteiger partial charge in [-0.15, -0.1) is 0 Å². The third-order valence-corrected chi connectivity index (χ3v) is 1.75. The van der Waals surface area contributed by atoms with Gasteiger partial charge in [0.1, 0.15) is 10.4 Å². The van der Waals surface area contributed by atoms with Crippen LogP contribution in [0.3, 0.4) is 0 Å². The van der Waals surface area contributed by atoms with Crippen molar-refractivity contribution in [2.75, 3.05) is 13.2 Å². The molecule has 1 heterocycles. The third kappa shape index (κ3) is 3.22. The fraction of sp³-hybridized carbons (Fsp3) is 0.444. The van der Waals surface area contributed by atoms with E-state index >= 15 is 0 Å². The molecule has 0 aliphatic heterocycles. The minimum Gasteiger partial charge on any atom is -0.494 e. The predicted molar refractivity (Wildman–Crippen MR) is 54.3 cm³/mol. The van der Waals surface area contributed by atoms with Crippen molar-refractivity contribution in [1.82, 2.24) is 4.98 Å². The minimum atomic E-state index is 0.584.